The number of aryl methyl sites for hydroxylation is 1. The lowest BCUT2D eigenvalue weighted by atomic mass is 9.78. The summed E-state index contributed by atoms with van der Waals surface area (Å²) < 4.78 is 0. The van der Waals surface area contributed by atoms with E-state index in [0.717, 1.165) is 24.7 Å². The first-order valence-electron chi connectivity index (χ1n) is 8.16. The maximum Gasteiger partial charge on any atom is 0.0406 e. The molecule has 0 N–H and O–H groups in total. The van der Waals surface area contributed by atoms with Crippen molar-refractivity contribution in [1.82, 2.24) is 4.90 Å². The largest absolute Gasteiger partial charge is 0.295 e. The van der Waals surface area contributed by atoms with Crippen molar-refractivity contribution < 1.29 is 0 Å². The molecule has 2 aromatic rings. The fourth-order valence-corrected chi connectivity index (χ4v) is 3.82. The molecule has 0 saturated heterocycles. The third-order valence-corrected chi connectivity index (χ3v) is 5.11. The van der Waals surface area contributed by atoms with Crippen LogP contribution in [0.25, 0.3) is 11.1 Å². The average Bonchev–Trinajstić information content (AvgIpc) is 2.56. The summed E-state index contributed by atoms with van der Waals surface area (Å²) in [7, 11) is 0. The van der Waals surface area contributed by atoms with Crippen LogP contribution >= 0.6 is 11.6 Å². The molecule has 2 unspecified atom stereocenters. The standard InChI is InChI=1S/C21H20ClN/c1-15-3-2-4-17(13-15)20-10-12-23-11-9-19(21(20)14-23)16-5-7-18(22)8-6-16/h2-10,13,21H,11-12,14H2,1H3. The lowest BCUT2D eigenvalue weighted by molar-refractivity contribution is 0.302. The Labute approximate surface area is 142 Å². The van der Waals surface area contributed by atoms with Gasteiger partial charge in [0.05, 0.1) is 0 Å². The predicted octanol–water partition coefficient (Wildman–Crippen LogP) is 5.06. The minimum Gasteiger partial charge on any atom is -0.295 e. The highest BCUT2D eigenvalue weighted by atomic mass is 35.5. The first-order valence-corrected chi connectivity index (χ1v) is 8.54. The SMILES string of the molecule is Cc1cccc(C2=CCN3CC=C(c4ccc(Cl)cc4)C2C3)c1. The van der Waals surface area contributed by atoms with E-state index in [4.69, 9.17) is 11.6 Å². The molecule has 2 bridgehead atoms. The summed E-state index contributed by atoms with van der Waals surface area (Å²) >= 11 is 6.06. The molecule has 2 aromatic carbocycles. The zero-order chi connectivity index (χ0) is 15.8. The summed E-state index contributed by atoms with van der Waals surface area (Å²) in [6.07, 6.45) is 4.80. The molecule has 116 valence electrons. The van der Waals surface area contributed by atoms with Gasteiger partial charge in [-0.15, -0.1) is 0 Å². The van der Waals surface area contributed by atoms with Crippen LogP contribution < -0.4 is 0 Å². The lowest BCUT2D eigenvalue weighted by Crippen LogP contribution is -2.38. The van der Waals surface area contributed by atoms with Crippen molar-refractivity contribution in [3.05, 3.63) is 82.4 Å². The minimum atomic E-state index is 0.445. The van der Waals surface area contributed by atoms with Crippen LogP contribution in [0.4, 0.5) is 0 Å². The molecule has 2 atom stereocenters. The van der Waals surface area contributed by atoms with Crippen LogP contribution in [0.5, 0.6) is 0 Å². The number of halogens is 1. The van der Waals surface area contributed by atoms with E-state index < -0.39 is 0 Å². The average molecular weight is 322 g/mol. The van der Waals surface area contributed by atoms with Gasteiger partial charge >= 0.3 is 0 Å². The number of hydrogen-bond acceptors (Lipinski definition) is 1. The van der Waals surface area contributed by atoms with E-state index in [1.54, 1.807) is 0 Å². The van der Waals surface area contributed by atoms with Crippen LogP contribution in [0.3, 0.4) is 0 Å². The van der Waals surface area contributed by atoms with Gasteiger partial charge in [-0.3, -0.25) is 4.90 Å². The second-order valence-corrected chi connectivity index (χ2v) is 6.90. The fourth-order valence-electron chi connectivity index (χ4n) is 3.69. The highest BCUT2D eigenvalue weighted by Gasteiger charge is 2.30. The van der Waals surface area contributed by atoms with Crippen LogP contribution in [0, 0.1) is 12.8 Å². The van der Waals surface area contributed by atoms with Crippen molar-refractivity contribution in [3.63, 3.8) is 0 Å². The Morgan fingerprint density at radius 1 is 0.913 bits per heavy atom. The lowest BCUT2D eigenvalue weighted by Gasteiger charge is -2.38. The summed E-state index contributed by atoms with van der Waals surface area (Å²) in [6.45, 7) is 5.35. The number of nitrogens with zero attached hydrogens (tertiary/aromatic N) is 1. The van der Waals surface area contributed by atoms with Gasteiger partial charge in [-0.1, -0.05) is 65.7 Å². The van der Waals surface area contributed by atoms with E-state index in [2.05, 4.69) is 60.4 Å². The molecular formula is C21H20ClN. The Balaban J connectivity index is 1.75. The zero-order valence-electron chi connectivity index (χ0n) is 13.3. The molecule has 0 saturated carbocycles. The molecule has 0 spiro atoms. The number of rotatable bonds is 2. The first-order chi connectivity index (χ1) is 11.2. The molecule has 4 rings (SSSR count). The van der Waals surface area contributed by atoms with Gasteiger partial charge in [0.25, 0.3) is 0 Å². The number of fused-ring (bicyclic) bond motifs is 2. The zero-order valence-corrected chi connectivity index (χ0v) is 14.1. The molecular weight excluding hydrogens is 302 g/mol. The molecule has 2 heteroatoms. The monoisotopic (exact) mass is 321 g/mol. The molecule has 0 aromatic heterocycles. The Morgan fingerprint density at radius 3 is 2.30 bits per heavy atom. The Hall–Kier alpha value is -1.83. The Kier molecular flexibility index (Phi) is 3.84. The van der Waals surface area contributed by atoms with Crippen LogP contribution in [-0.2, 0) is 0 Å². The van der Waals surface area contributed by atoms with Gasteiger partial charge in [0, 0.05) is 30.6 Å². The first kappa shape index (κ1) is 14.7. The third kappa shape index (κ3) is 2.87. The van der Waals surface area contributed by atoms with Crippen LogP contribution in [-0.4, -0.2) is 24.5 Å². The second kappa shape index (κ2) is 5.99. The minimum absolute atomic E-state index is 0.445. The van der Waals surface area contributed by atoms with E-state index in [9.17, 15) is 0 Å². The van der Waals surface area contributed by atoms with E-state index >= 15 is 0 Å². The highest BCUT2D eigenvalue weighted by Crippen LogP contribution is 2.40. The van der Waals surface area contributed by atoms with Crippen molar-refractivity contribution >= 4 is 22.7 Å². The van der Waals surface area contributed by atoms with Gasteiger partial charge in [0.15, 0.2) is 0 Å². The van der Waals surface area contributed by atoms with Gasteiger partial charge in [-0.2, -0.15) is 0 Å². The van der Waals surface area contributed by atoms with Crippen LogP contribution in [0.2, 0.25) is 5.02 Å². The molecule has 0 amide bonds. The predicted molar refractivity (Wildman–Crippen MR) is 98.5 cm³/mol. The highest BCUT2D eigenvalue weighted by molar-refractivity contribution is 6.30. The topological polar surface area (TPSA) is 3.24 Å². The van der Waals surface area contributed by atoms with Crippen molar-refractivity contribution in [2.45, 2.75) is 6.92 Å². The Bertz CT molecular complexity index is 786. The summed E-state index contributed by atoms with van der Waals surface area (Å²) in [5.74, 6) is 0.445. The van der Waals surface area contributed by atoms with Gasteiger partial charge in [0.1, 0.15) is 0 Å². The molecule has 2 aliphatic heterocycles. The summed E-state index contributed by atoms with van der Waals surface area (Å²) in [4.78, 5) is 2.50. The molecule has 0 fully saturated rings. The number of hydrogen-bond donors (Lipinski definition) is 0. The van der Waals surface area contributed by atoms with Gasteiger partial charge in [-0.25, -0.2) is 0 Å². The molecule has 23 heavy (non-hydrogen) atoms. The quantitative estimate of drug-likeness (QED) is 0.747. The molecule has 0 aliphatic carbocycles. The van der Waals surface area contributed by atoms with Crippen molar-refractivity contribution in [3.8, 4) is 0 Å². The molecule has 1 nitrogen and oxygen atoms in total. The van der Waals surface area contributed by atoms with Gasteiger partial charge in [0.2, 0.25) is 0 Å². The van der Waals surface area contributed by atoms with Crippen LogP contribution in [0.1, 0.15) is 16.7 Å². The summed E-state index contributed by atoms with van der Waals surface area (Å²) in [6, 6.07) is 17.1. The smallest absolute Gasteiger partial charge is 0.0406 e. The van der Waals surface area contributed by atoms with E-state index in [0.29, 0.717) is 5.92 Å². The number of benzene rings is 2. The summed E-state index contributed by atoms with van der Waals surface area (Å²) in [5.41, 5.74) is 6.87. The maximum atomic E-state index is 6.06. The molecule has 0 radical (unpaired) electrons. The van der Waals surface area contributed by atoms with Crippen molar-refractivity contribution in [1.29, 1.82) is 0 Å². The van der Waals surface area contributed by atoms with Crippen molar-refractivity contribution in [2.24, 2.45) is 5.92 Å². The molecule has 2 heterocycles. The summed E-state index contributed by atoms with van der Waals surface area (Å²) in [5, 5.41) is 0.796. The normalized spacial score (nSPS) is 23.2. The van der Waals surface area contributed by atoms with Gasteiger partial charge in [-0.05, 0) is 41.3 Å². The maximum absolute atomic E-state index is 6.06. The van der Waals surface area contributed by atoms with Gasteiger partial charge < -0.3 is 0 Å². The molecule has 2 aliphatic rings. The Morgan fingerprint density at radius 2 is 1.61 bits per heavy atom. The fraction of sp³-hybridized carbons (Fsp3) is 0.238. The second-order valence-electron chi connectivity index (χ2n) is 6.47. The van der Waals surface area contributed by atoms with E-state index in [-0.39, 0.29) is 0 Å². The van der Waals surface area contributed by atoms with Crippen molar-refractivity contribution in [2.75, 3.05) is 19.6 Å². The van der Waals surface area contributed by atoms with E-state index in [1.807, 2.05) is 12.1 Å². The van der Waals surface area contributed by atoms with Crippen LogP contribution in [0.15, 0.2) is 60.7 Å². The van der Waals surface area contributed by atoms with E-state index in [1.165, 1.54) is 27.8 Å². The third-order valence-electron chi connectivity index (χ3n) is 4.86.